The Morgan fingerprint density at radius 3 is 1.86 bits per heavy atom. The van der Waals surface area contributed by atoms with Gasteiger partial charge in [-0.15, -0.1) is 0 Å². The summed E-state index contributed by atoms with van der Waals surface area (Å²) in [6, 6.07) is 8.05. The number of carboxylic acid groups (broad SMARTS) is 1. The molecular weight excluding hydrogens is 388 g/mol. The molecule has 0 unspecified atom stereocenters. The maximum absolute atomic E-state index is 11.7. The van der Waals surface area contributed by atoms with E-state index < -0.39 is 35.9 Å². The minimum Gasteiger partial charge on any atom is -0.476 e. The van der Waals surface area contributed by atoms with Crippen molar-refractivity contribution in [3.8, 4) is 0 Å². The maximum atomic E-state index is 11.7. The van der Waals surface area contributed by atoms with Gasteiger partial charge < -0.3 is 24.1 Å². The Kier molecular flexibility index (Phi) is 11.5. The van der Waals surface area contributed by atoms with Gasteiger partial charge in [-0.2, -0.15) is 0 Å². The zero-order valence-corrected chi connectivity index (χ0v) is 15.7. The molecule has 1 aromatic carbocycles. The van der Waals surface area contributed by atoms with Gasteiger partial charge in [-0.1, -0.05) is 30.3 Å². The number of hydrogen-bond acceptors (Lipinski definition) is 9. The highest BCUT2D eigenvalue weighted by Gasteiger charge is 2.17. The van der Waals surface area contributed by atoms with Crippen molar-refractivity contribution in [2.75, 3.05) is 39.6 Å². The predicted octanol–water partition coefficient (Wildman–Crippen LogP) is 0.423. The van der Waals surface area contributed by atoms with Crippen LogP contribution in [0.4, 0.5) is 0 Å². The summed E-state index contributed by atoms with van der Waals surface area (Å²) in [6.07, 6.45) is -0.718. The van der Waals surface area contributed by atoms with Gasteiger partial charge in [-0.3, -0.25) is 14.4 Å². The van der Waals surface area contributed by atoms with Crippen molar-refractivity contribution in [3.63, 3.8) is 0 Å². The highest BCUT2D eigenvalue weighted by Crippen LogP contribution is 2.01. The van der Waals surface area contributed by atoms with Crippen LogP contribution in [0.3, 0.4) is 0 Å². The van der Waals surface area contributed by atoms with Crippen LogP contribution in [0, 0.1) is 0 Å². The van der Waals surface area contributed by atoms with Crippen molar-refractivity contribution in [2.45, 2.75) is 12.8 Å². The molecule has 0 radical (unpaired) electrons. The van der Waals surface area contributed by atoms with Crippen LogP contribution in [-0.2, 0) is 38.1 Å². The highest BCUT2D eigenvalue weighted by molar-refractivity contribution is 6.40. The van der Waals surface area contributed by atoms with Crippen LogP contribution in [0.2, 0.25) is 0 Å². The van der Waals surface area contributed by atoms with E-state index in [9.17, 15) is 24.0 Å². The third-order valence-electron chi connectivity index (χ3n) is 3.34. The first-order chi connectivity index (χ1) is 13.9. The fourth-order valence-electron chi connectivity index (χ4n) is 1.90. The van der Waals surface area contributed by atoms with Gasteiger partial charge in [0, 0.05) is 12.0 Å². The molecule has 0 amide bonds. The number of aliphatic carboxylic acids is 1. The number of hydrogen-bond donors (Lipinski definition) is 1. The second-order valence-electron chi connectivity index (χ2n) is 5.50. The number of esters is 2. The average Bonchev–Trinajstić information content (AvgIpc) is 2.73. The lowest BCUT2D eigenvalue weighted by Gasteiger charge is -2.07. The largest absolute Gasteiger partial charge is 0.476 e. The van der Waals surface area contributed by atoms with Crippen LogP contribution in [0.5, 0.6) is 0 Å². The molecule has 0 aromatic heterocycles. The van der Waals surface area contributed by atoms with Crippen molar-refractivity contribution >= 4 is 29.5 Å². The Morgan fingerprint density at radius 1 is 0.724 bits per heavy atom. The van der Waals surface area contributed by atoms with Crippen molar-refractivity contribution < 1.29 is 48.0 Å². The zero-order chi connectivity index (χ0) is 21.5. The van der Waals surface area contributed by atoms with Crippen molar-refractivity contribution in [2.24, 2.45) is 0 Å². The van der Waals surface area contributed by atoms with Crippen LogP contribution < -0.4 is 0 Å². The van der Waals surface area contributed by atoms with Gasteiger partial charge in [0.2, 0.25) is 5.78 Å². The topological polar surface area (TPSA) is 142 Å². The summed E-state index contributed by atoms with van der Waals surface area (Å²) in [5, 5.41) is 8.37. The summed E-state index contributed by atoms with van der Waals surface area (Å²) in [7, 11) is 0. The number of carboxylic acids is 1. The molecule has 0 aliphatic heterocycles. The zero-order valence-electron chi connectivity index (χ0n) is 15.7. The number of Topliss-reactive ketones (excluding diaryl/α,β-unsaturated/α-hetero) is 2. The summed E-state index contributed by atoms with van der Waals surface area (Å²) >= 11 is 0. The number of ketones is 2. The molecule has 0 aliphatic rings. The number of carbonyl (C=O) groups excluding carboxylic acids is 4. The van der Waals surface area contributed by atoms with Crippen LogP contribution in [-0.4, -0.2) is 74.2 Å². The van der Waals surface area contributed by atoms with Gasteiger partial charge in [-0.25, -0.2) is 9.59 Å². The van der Waals surface area contributed by atoms with Gasteiger partial charge in [0.05, 0.1) is 32.8 Å². The fraction of sp³-hybridized carbons (Fsp3) is 0.421. The van der Waals surface area contributed by atoms with E-state index in [4.69, 9.17) is 24.1 Å². The van der Waals surface area contributed by atoms with E-state index in [0.29, 0.717) is 0 Å². The number of benzene rings is 1. The normalized spacial score (nSPS) is 10.2. The molecule has 0 fully saturated rings. The van der Waals surface area contributed by atoms with Crippen LogP contribution in [0.1, 0.15) is 23.2 Å². The van der Waals surface area contributed by atoms with E-state index in [1.54, 1.807) is 18.2 Å². The molecule has 0 spiro atoms. The molecule has 0 atom stereocenters. The van der Waals surface area contributed by atoms with Crippen LogP contribution in [0.15, 0.2) is 30.3 Å². The minimum atomic E-state index is -1.58. The van der Waals surface area contributed by atoms with Crippen molar-refractivity contribution in [1.82, 2.24) is 0 Å². The molecule has 0 saturated carbocycles. The smallest absolute Gasteiger partial charge is 0.379 e. The third kappa shape index (κ3) is 10.7. The average molecular weight is 410 g/mol. The summed E-state index contributed by atoms with van der Waals surface area (Å²) < 4.78 is 19.9. The first kappa shape index (κ1) is 23.9. The van der Waals surface area contributed by atoms with Gasteiger partial charge in [0.1, 0.15) is 13.2 Å². The Bertz CT molecular complexity index is 698. The first-order valence-corrected chi connectivity index (χ1v) is 8.75. The lowest BCUT2D eigenvalue weighted by molar-refractivity contribution is -0.151. The minimum absolute atomic E-state index is 0.0424. The fourth-order valence-corrected chi connectivity index (χ4v) is 1.90. The molecule has 0 heterocycles. The molecule has 10 nitrogen and oxygen atoms in total. The Labute approximate surface area is 166 Å². The lowest BCUT2D eigenvalue weighted by atomic mass is 10.1. The molecule has 10 heteroatoms. The quantitative estimate of drug-likeness (QED) is 0.187. The number of carbonyl (C=O) groups is 5. The molecule has 1 rings (SSSR count). The maximum Gasteiger partial charge on any atom is 0.379 e. The van der Waals surface area contributed by atoms with Crippen molar-refractivity contribution in [3.05, 3.63) is 35.9 Å². The summed E-state index contributed by atoms with van der Waals surface area (Å²) in [4.78, 5) is 55.7. The molecule has 0 saturated heterocycles. The van der Waals surface area contributed by atoms with Crippen LogP contribution in [0.25, 0.3) is 0 Å². The molecule has 1 N–H and O–H groups in total. The predicted molar refractivity (Wildman–Crippen MR) is 96.2 cm³/mol. The Balaban J connectivity index is 1.95. The molecule has 29 heavy (non-hydrogen) atoms. The molecule has 158 valence electrons. The summed E-state index contributed by atoms with van der Waals surface area (Å²) in [5.41, 5.74) is 0.251. The van der Waals surface area contributed by atoms with Gasteiger partial charge in [0.25, 0.3) is 5.78 Å². The van der Waals surface area contributed by atoms with E-state index >= 15 is 0 Å². The first-order valence-electron chi connectivity index (χ1n) is 8.75. The lowest BCUT2D eigenvalue weighted by Crippen LogP contribution is -2.20. The molecule has 1 aromatic rings. The van der Waals surface area contributed by atoms with Crippen LogP contribution >= 0.6 is 0 Å². The molecule has 0 aliphatic carbocycles. The number of ether oxygens (including phenoxy) is 4. The summed E-state index contributed by atoms with van der Waals surface area (Å²) in [6.45, 7) is 0.465. The van der Waals surface area contributed by atoms with E-state index in [-0.39, 0.29) is 51.6 Å². The van der Waals surface area contributed by atoms with E-state index in [2.05, 4.69) is 0 Å². The third-order valence-corrected chi connectivity index (χ3v) is 3.34. The highest BCUT2D eigenvalue weighted by atomic mass is 16.6. The number of rotatable bonds is 15. The van der Waals surface area contributed by atoms with Crippen molar-refractivity contribution in [1.29, 1.82) is 0 Å². The summed E-state index contributed by atoms with van der Waals surface area (Å²) in [5.74, 6) is -5.01. The molecular formula is C19H22O10. The van der Waals surface area contributed by atoms with Gasteiger partial charge in [0.15, 0.2) is 0 Å². The monoisotopic (exact) mass is 410 g/mol. The van der Waals surface area contributed by atoms with Gasteiger partial charge in [-0.05, 0) is 0 Å². The molecule has 0 bridgehead atoms. The Morgan fingerprint density at radius 2 is 1.28 bits per heavy atom. The SMILES string of the molecule is O=C(CCC(=O)C(=O)O)OCCOCCOCCOC(=O)C(=O)c1ccccc1. The van der Waals surface area contributed by atoms with E-state index in [1.165, 1.54) is 12.1 Å². The second-order valence-corrected chi connectivity index (χ2v) is 5.50. The Hall–Kier alpha value is -3.11. The van der Waals surface area contributed by atoms with E-state index in [1.807, 2.05) is 0 Å². The standard InChI is InChI=1S/C19H22O10/c20-15(18(23)24)6-7-16(21)28-12-10-26-8-9-27-11-13-29-19(25)17(22)14-4-2-1-3-5-14/h1-5H,6-13H2,(H,23,24). The second kappa shape index (κ2) is 14.0. The van der Waals surface area contributed by atoms with E-state index in [0.717, 1.165) is 0 Å². The van der Waals surface area contributed by atoms with Gasteiger partial charge >= 0.3 is 17.9 Å².